The van der Waals surface area contributed by atoms with Crippen molar-refractivity contribution in [2.75, 3.05) is 33.4 Å². The van der Waals surface area contributed by atoms with E-state index in [1.54, 1.807) is 7.11 Å². The fraction of sp³-hybridized carbons (Fsp3) is 0.917. The molecule has 0 atom stereocenters. The second-order valence-corrected chi connectivity index (χ2v) is 4.63. The van der Waals surface area contributed by atoms with Gasteiger partial charge >= 0.3 is 5.97 Å². The summed E-state index contributed by atoms with van der Waals surface area (Å²) < 4.78 is 5.01. The maximum atomic E-state index is 11.2. The van der Waals surface area contributed by atoms with E-state index in [4.69, 9.17) is 4.74 Å². The fourth-order valence-electron chi connectivity index (χ4n) is 2.36. The Morgan fingerprint density at radius 2 is 2.06 bits per heavy atom. The van der Waals surface area contributed by atoms with Gasteiger partial charge in [0.25, 0.3) is 0 Å². The zero-order chi connectivity index (χ0) is 12.0. The van der Waals surface area contributed by atoms with Crippen molar-refractivity contribution < 1.29 is 14.6 Å². The summed E-state index contributed by atoms with van der Waals surface area (Å²) in [5.41, 5.74) is -0.461. The van der Waals surface area contributed by atoms with Gasteiger partial charge in [0.2, 0.25) is 0 Å². The molecule has 1 rings (SSSR count). The Bertz CT molecular complexity index is 222. The molecule has 1 heterocycles. The Kier molecular flexibility index (Phi) is 5.22. The number of nitrogens with zero attached hydrogens (tertiary/aromatic N) is 1. The van der Waals surface area contributed by atoms with Crippen molar-refractivity contribution in [2.45, 2.75) is 32.6 Å². The molecule has 0 unspecified atom stereocenters. The minimum Gasteiger partial charge on any atom is -0.481 e. The van der Waals surface area contributed by atoms with Crippen LogP contribution in [0.5, 0.6) is 0 Å². The number of hydrogen-bond acceptors (Lipinski definition) is 3. The van der Waals surface area contributed by atoms with Crippen molar-refractivity contribution >= 4 is 5.97 Å². The molecule has 0 radical (unpaired) electrons. The predicted octanol–water partition coefficient (Wildman–Crippen LogP) is 1.60. The van der Waals surface area contributed by atoms with E-state index in [1.165, 1.54) is 0 Å². The summed E-state index contributed by atoms with van der Waals surface area (Å²) in [6.45, 7) is 5.60. The summed E-state index contributed by atoms with van der Waals surface area (Å²) >= 11 is 0. The quantitative estimate of drug-likeness (QED) is 0.703. The van der Waals surface area contributed by atoms with Gasteiger partial charge in [-0.1, -0.05) is 6.92 Å². The minimum atomic E-state index is -0.619. The number of ether oxygens (including phenoxy) is 1. The van der Waals surface area contributed by atoms with E-state index in [2.05, 4.69) is 4.90 Å². The van der Waals surface area contributed by atoms with Crippen LogP contribution in [0.1, 0.15) is 32.6 Å². The number of likely N-dealkylation sites (tertiary alicyclic amines) is 1. The van der Waals surface area contributed by atoms with Gasteiger partial charge in [-0.05, 0) is 38.8 Å². The number of aliphatic carboxylic acids is 1. The number of rotatable bonds is 6. The van der Waals surface area contributed by atoms with Crippen LogP contribution in [0.25, 0.3) is 0 Å². The number of carboxylic acids is 1. The van der Waals surface area contributed by atoms with Crippen LogP contribution in [-0.2, 0) is 9.53 Å². The maximum Gasteiger partial charge on any atom is 0.309 e. The van der Waals surface area contributed by atoms with Gasteiger partial charge in [0.15, 0.2) is 0 Å². The summed E-state index contributed by atoms with van der Waals surface area (Å²) in [4.78, 5) is 13.6. The highest BCUT2D eigenvalue weighted by atomic mass is 16.5. The molecule has 0 amide bonds. The van der Waals surface area contributed by atoms with Crippen LogP contribution in [-0.4, -0.2) is 49.3 Å². The molecule has 0 saturated carbocycles. The Morgan fingerprint density at radius 3 is 2.50 bits per heavy atom. The van der Waals surface area contributed by atoms with Gasteiger partial charge in [-0.25, -0.2) is 0 Å². The molecule has 0 aliphatic carbocycles. The van der Waals surface area contributed by atoms with Gasteiger partial charge in [-0.15, -0.1) is 0 Å². The van der Waals surface area contributed by atoms with Crippen LogP contribution in [0.15, 0.2) is 0 Å². The molecule has 4 nitrogen and oxygen atoms in total. The van der Waals surface area contributed by atoms with E-state index in [0.717, 1.165) is 51.9 Å². The molecule has 1 fully saturated rings. The van der Waals surface area contributed by atoms with Gasteiger partial charge in [0.1, 0.15) is 0 Å². The summed E-state index contributed by atoms with van der Waals surface area (Å²) in [5.74, 6) is -0.619. The molecule has 0 aromatic rings. The molecule has 0 aromatic heterocycles. The summed E-state index contributed by atoms with van der Waals surface area (Å²) in [5, 5.41) is 9.25. The smallest absolute Gasteiger partial charge is 0.309 e. The lowest BCUT2D eigenvalue weighted by molar-refractivity contribution is -0.152. The second-order valence-electron chi connectivity index (χ2n) is 4.63. The minimum absolute atomic E-state index is 0.461. The fourth-order valence-corrected chi connectivity index (χ4v) is 2.36. The Labute approximate surface area is 97.6 Å². The lowest BCUT2D eigenvalue weighted by Gasteiger charge is -2.38. The summed E-state index contributed by atoms with van der Waals surface area (Å²) in [7, 11) is 1.71. The molecular formula is C12H23NO3. The van der Waals surface area contributed by atoms with Crippen LogP contribution in [0.3, 0.4) is 0 Å². The molecular weight excluding hydrogens is 206 g/mol. The highest BCUT2D eigenvalue weighted by Gasteiger charge is 2.39. The molecule has 4 heteroatoms. The van der Waals surface area contributed by atoms with E-state index in [1.807, 2.05) is 6.92 Å². The van der Waals surface area contributed by atoms with Crippen LogP contribution in [0.4, 0.5) is 0 Å². The third-order valence-electron chi connectivity index (χ3n) is 3.77. The predicted molar refractivity (Wildman–Crippen MR) is 62.5 cm³/mol. The number of carboxylic acid groups (broad SMARTS) is 1. The molecule has 1 aliphatic heterocycles. The van der Waals surface area contributed by atoms with E-state index in [-0.39, 0.29) is 0 Å². The van der Waals surface area contributed by atoms with Gasteiger partial charge in [-0.3, -0.25) is 4.79 Å². The molecule has 1 aliphatic rings. The molecule has 16 heavy (non-hydrogen) atoms. The highest BCUT2D eigenvalue weighted by Crippen LogP contribution is 2.34. The lowest BCUT2D eigenvalue weighted by atomic mass is 9.76. The van der Waals surface area contributed by atoms with Crippen LogP contribution >= 0.6 is 0 Å². The summed E-state index contributed by atoms with van der Waals surface area (Å²) in [6.07, 6.45) is 3.34. The molecule has 0 spiro atoms. The van der Waals surface area contributed by atoms with Gasteiger partial charge in [-0.2, -0.15) is 0 Å². The number of piperidine rings is 1. The zero-order valence-electron chi connectivity index (χ0n) is 10.4. The van der Waals surface area contributed by atoms with Crippen LogP contribution in [0, 0.1) is 5.41 Å². The Morgan fingerprint density at radius 1 is 1.44 bits per heavy atom. The van der Waals surface area contributed by atoms with Gasteiger partial charge < -0.3 is 14.7 Å². The maximum absolute atomic E-state index is 11.2. The van der Waals surface area contributed by atoms with Crippen LogP contribution in [0.2, 0.25) is 0 Å². The topological polar surface area (TPSA) is 49.8 Å². The van der Waals surface area contributed by atoms with Crippen molar-refractivity contribution in [3.05, 3.63) is 0 Å². The van der Waals surface area contributed by atoms with Crippen molar-refractivity contribution in [2.24, 2.45) is 5.41 Å². The number of carbonyl (C=O) groups is 1. The second kappa shape index (κ2) is 6.21. The average molecular weight is 229 g/mol. The van der Waals surface area contributed by atoms with Crippen molar-refractivity contribution in [1.29, 1.82) is 0 Å². The highest BCUT2D eigenvalue weighted by molar-refractivity contribution is 5.74. The van der Waals surface area contributed by atoms with E-state index in [0.29, 0.717) is 0 Å². The molecule has 1 saturated heterocycles. The molecule has 94 valence electrons. The first-order chi connectivity index (χ1) is 7.64. The number of methoxy groups -OCH3 is 1. The van der Waals surface area contributed by atoms with E-state index in [9.17, 15) is 9.90 Å². The molecule has 0 aromatic carbocycles. The Hall–Kier alpha value is -0.610. The molecule has 0 bridgehead atoms. The van der Waals surface area contributed by atoms with E-state index >= 15 is 0 Å². The number of hydrogen-bond donors (Lipinski definition) is 1. The lowest BCUT2D eigenvalue weighted by Crippen LogP contribution is -2.44. The third-order valence-corrected chi connectivity index (χ3v) is 3.77. The largest absolute Gasteiger partial charge is 0.481 e. The van der Waals surface area contributed by atoms with Gasteiger partial charge in [0.05, 0.1) is 5.41 Å². The first-order valence-corrected chi connectivity index (χ1v) is 6.09. The Balaban J connectivity index is 2.35. The average Bonchev–Trinajstić information content (AvgIpc) is 2.30. The normalized spacial score (nSPS) is 20.9. The van der Waals surface area contributed by atoms with Crippen LogP contribution < -0.4 is 0 Å². The van der Waals surface area contributed by atoms with E-state index < -0.39 is 11.4 Å². The zero-order valence-corrected chi connectivity index (χ0v) is 10.4. The van der Waals surface area contributed by atoms with Gasteiger partial charge in [0, 0.05) is 20.3 Å². The SMILES string of the molecule is CCC1(C(=O)O)CCN(CCCOC)CC1. The van der Waals surface area contributed by atoms with Crippen molar-refractivity contribution in [3.63, 3.8) is 0 Å². The molecule has 1 N–H and O–H groups in total. The standard InChI is InChI=1S/C12H23NO3/c1-3-12(11(14)15)5-8-13(9-6-12)7-4-10-16-2/h3-10H2,1-2H3,(H,14,15). The first-order valence-electron chi connectivity index (χ1n) is 6.09. The van der Waals surface area contributed by atoms with Crippen molar-refractivity contribution in [3.8, 4) is 0 Å². The third kappa shape index (κ3) is 3.19. The monoisotopic (exact) mass is 229 g/mol. The first kappa shape index (κ1) is 13.5. The summed E-state index contributed by atoms with van der Waals surface area (Å²) in [6, 6.07) is 0. The van der Waals surface area contributed by atoms with Crippen molar-refractivity contribution in [1.82, 2.24) is 4.90 Å².